The van der Waals surface area contributed by atoms with E-state index in [1.165, 1.54) is 18.2 Å². The van der Waals surface area contributed by atoms with Crippen LogP contribution in [0.5, 0.6) is 11.5 Å². The number of benzene rings is 2. The predicted octanol–water partition coefficient (Wildman–Crippen LogP) is 4.60. The summed E-state index contributed by atoms with van der Waals surface area (Å²) in [5.74, 6) is -1.21. The number of carbonyl (C=O) groups excluding carboxylic acids is 1. The molecule has 0 radical (unpaired) electrons. The molecule has 0 bridgehead atoms. The number of aryl methyl sites for hydroxylation is 1. The molecule has 2 aromatic carbocycles. The van der Waals surface area contributed by atoms with Gasteiger partial charge in [-0.3, -0.25) is 4.79 Å². The lowest BCUT2D eigenvalue weighted by Crippen LogP contribution is -2.44. The number of anilines is 2. The Balaban J connectivity index is 1.67. The van der Waals surface area contributed by atoms with Crippen molar-refractivity contribution in [2.75, 3.05) is 43.4 Å². The summed E-state index contributed by atoms with van der Waals surface area (Å²) in [5.41, 5.74) is 2.82. The molecule has 3 rings (SSSR count). The second-order valence-corrected chi connectivity index (χ2v) is 7.57. The minimum atomic E-state index is -3.17. The summed E-state index contributed by atoms with van der Waals surface area (Å²) in [4.78, 5) is 16.9. The highest BCUT2D eigenvalue weighted by Gasteiger charge is 2.16. The van der Waals surface area contributed by atoms with Gasteiger partial charge in [0, 0.05) is 55.3 Å². The molecule has 33 heavy (non-hydrogen) atoms. The maximum absolute atomic E-state index is 12.7. The zero-order valence-corrected chi connectivity index (χ0v) is 18.2. The van der Waals surface area contributed by atoms with E-state index in [0.29, 0.717) is 5.69 Å². The van der Waals surface area contributed by atoms with Gasteiger partial charge < -0.3 is 24.6 Å². The van der Waals surface area contributed by atoms with Crippen LogP contribution in [0.2, 0.25) is 0 Å². The molecule has 178 valence electrons. The van der Waals surface area contributed by atoms with E-state index in [4.69, 9.17) is 0 Å². The van der Waals surface area contributed by atoms with Gasteiger partial charge in [-0.2, -0.15) is 17.6 Å². The normalized spacial score (nSPS) is 14.8. The topological polar surface area (TPSA) is 54.0 Å². The van der Waals surface area contributed by atoms with Crippen LogP contribution in [0.25, 0.3) is 6.08 Å². The number of nitrogens with zero attached hydrogens (tertiary/aromatic N) is 2. The van der Waals surface area contributed by atoms with Crippen LogP contribution in [0.4, 0.5) is 28.9 Å². The maximum atomic E-state index is 12.7. The number of nitrogens with one attached hydrogen (secondary N) is 1. The second kappa shape index (κ2) is 11.0. The van der Waals surface area contributed by atoms with Crippen LogP contribution in [0.15, 0.2) is 42.5 Å². The number of halogens is 4. The van der Waals surface area contributed by atoms with Gasteiger partial charge in [0.05, 0.1) is 0 Å². The fourth-order valence-electron chi connectivity index (χ4n) is 3.51. The summed E-state index contributed by atoms with van der Waals surface area (Å²) in [7, 11) is 2.09. The number of piperazine rings is 1. The molecule has 2 aromatic rings. The summed E-state index contributed by atoms with van der Waals surface area (Å²) in [6, 6.07) is 8.94. The molecule has 1 amide bonds. The zero-order valence-electron chi connectivity index (χ0n) is 18.2. The van der Waals surface area contributed by atoms with Gasteiger partial charge >= 0.3 is 13.2 Å². The fourth-order valence-corrected chi connectivity index (χ4v) is 3.51. The van der Waals surface area contributed by atoms with Crippen molar-refractivity contribution in [2.24, 2.45) is 0 Å². The molecule has 1 N–H and O–H groups in total. The molecular weight excluding hydrogens is 442 g/mol. The largest absolute Gasteiger partial charge is 0.435 e. The highest BCUT2D eigenvalue weighted by molar-refractivity contribution is 6.02. The average Bonchev–Trinajstić information content (AvgIpc) is 2.73. The van der Waals surface area contributed by atoms with Crippen LogP contribution in [0.3, 0.4) is 0 Å². The van der Waals surface area contributed by atoms with Gasteiger partial charge in [-0.15, -0.1) is 0 Å². The predicted molar refractivity (Wildman–Crippen MR) is 118 cm³/mol. The van der Waals surface area contributed by atoms with Crippen molar-refractivity contribution in [1.29, 1.82) is 0 Å². The lowest BCUT2D eigenvalue weighted by Gasteiger charge is -2.35. The number of rotatable bonds is 8. The van der Waals surface area contributed by atoms with Gasteiger partial charge in [-0.25, -0.2) is 0 Å². The first-order chi connectivity index (χ1) is 15.7. The Morgan fingerprint density at radius 2 is 1.70 bits per heavy atom. The van der Waals surface area contributed by atoms with Crippen molar-refractivity contribution in [3.05, 3.63) is 53.6 Å². The Bertz CT molecular complexity index is 993. The minimum absolute atomic E-state index is 0.105. The Morgan fingerprint density at radius 3 is 2.33 bits per heavy atom. The van der Waals surface area contributed by atoms with E-state index in [-0.39, 0.29) is 17.1 Å². The van der Waals surface area contributed by atoms with Crippen LogP contribution < -0.4 is 19.7 Å². The first kappa shape index (κ1) is 24.4. The standard InChI is InChI=1S/C23H25F4N3O3/c1-15-13-17(5-7-19(15)30-11-9-29(2)10-12-30)28-21(31)8-4-16-3-6-18(32-22(24)25)14-20(16)33-23(26)27/h3-8,13-14,22-23H,9-12H2,1-2H3,(H,28,31)/b8-4+. The Kier molecular flexibility index (Phi) is 8.16. The molecule has 0 aromatic heterocycles. The molecule has 1 fully saturated rings. The number of hydrogen-bond donors (Lipinski definition) is 1. The summed E-state index contributed by atoms with van der Waals surface area (Å²) < 4.78 is 58.7. The van der Waals surface area contributed by atoms with Gasteiger partial charge in [-0.1, -0.05) is 0 Å². The van der Waals surface area contributed by atoms with E-state index in [0.717, 1.165) is 49.6 Å². The van der Waals surface area contributed by atoms with E-state index >= 15 is 0 Å². The first-order valence-corrected chi connectivity index (χ1v) is 10.3. The molecule has 1 aliphatic rings. The molecule has 0 spiro atoms. The highest BCUT2D eigenvalue weighted by Crippen LogP contribution is 2.29. The average molecular weight is 467 g/mol. The van der Waals surface area contributed by atoms with Gasteiger partial charge in [0.2, 0.25) is 5.91 Å². The molecule has 0 atom stereocenters. The third-order valence-electron chi connectivity index (χ3n) is 5.15. The maximum Gasteiger partial charge on any atom is 0.387 e. The Labute approximate surface area is 189 Å². The summed E-state index contributed by atoms with van der Waals surface area (Å²) in [6.45, 7) is -0.496. The third kappa shape index (κ3) is 7.11. The van der Waals surface area contributed by atoms with Crippen molar-refractivity contribution in [1.82, 2.24) is 4.90 Å². The van der Waals surface area contributed by atoms with Gasteiger partial charge in [0.15, 0.2) is 0 Å². The van der Waals surface area contributed by atoms with Crippen molar-refractivity contribution in [3.63, 3.8) is 0 Å². The zero-order chi connectivity index (χ0) is 24.0. The molecular formula is C23H25F4N3O3. The number of carbonyl (C=O) groups is 1. The van der Waals surface area contributed by atoms with Crippen LogP contribution in [0, 0.1) is 6.92 Å². The summed E-state index contributed by atoms with van der Waals surface area (Å²) >= 11 is 0. The number of likely N-dealkylation sites (N-methyl/N-ethyl adjacent to an activating group) is 1. The Hall–Kier alpha value is -3.27. The van der Waals surface area contributed by atoms with Gasteiger partial charge in [0.1, 0.15) is 11.5 Å². The van der Waals surface area contributed by atoms with Crippen LogP contribution >= 0.6 is 0 Å². The van der Waals surface area contributed by atoms with Crippen molar-refractivity contribution in [2.45, 2.75) is 20.1 Å². The van der Waals surface area contributed by atoms with Crippen molar-refractivity contribution >= 4 is 23.4 Å². The first-order valence-electron chi connectivity index (χ1n) is 10.3. The van der Waals surface area contributed by atoms with Gasteiger partial charge in [0.25, 0.3) is 0 Å². The highest BCUT2D eigenvalue weighted by atomic mass is 19.3. The molecule has 1 heterocycles. The number of hydrogen-bond acceptors (Lipinski definition) is 5. The lowest BCUT2D eigenvalue weighted by atomic mass is 10.1. The summed E-state index contributed by atoms with van der Waals surface area (Å²) in [6.07, 6.45) is 2.40. The van der Waals surface area contributed by atoms with E-state index in [9.17, 15) is 22.4 Å². The molecule has 1 aliphatic heterocycles. The van der Waals surface area contributed by atoms with Crippen molar-refractivity contribution < 1.29 is 31.8 Å². The summed E-state index contributed by atoms with van der Waals surface area (Å²) in [5, 5.41) is 2.72. The Morgan fingerprint density at radius 1 is 1.00 bits per heavy atom. The second-order valence-electron chi connectivity index (χ2n) is 7.57. The third-order valence-corrected chi connectivity index (χ3v) is 5.15. The lowest BCUT2D eigenvalue weighted by molar-refractivity contribution is -0.111. The van der Waals surface area contributed by atoms with Crippen LogP contribution in [-0.2, 0) is 4.79 Å². The molecule has 0 saturated carbocycles. The van der Waals surface area contributed by atoms with E-state index < -0.39 is 19.1 Å². The molecule has 1 saturated heterocycles. The van der Waals surface area contributed by atoms with Gasteiger partial charge in [-0.05, 0) is 55.9 Å². The van der Waals surface area contributed by atoms with Crippen LogP contribution in [-0.4, -0.2) is 57.3 Å². The van der Waals surface area contributed by atoms with E-state index in [1.807, 2.05) is 19.1 Å². The van der Waals surface area contributed by atoms with Crippen LogP contribution in [0.1, 0.15) is 11.1 Å². The number of ether oxygens (including phenoxy) is 2. The van der Waals surface area contributed by atoms with E-state index in [2.05, 4.69) is 31.6 Å². The SMILES string of the molecule is Cc1cc(NC(=O)/C=C/c2ccc(OC(F)F)cc2OC(F)F)ccc1N1CCN(C)CC1. The fraction of sp³-hybridized carbons (Fsp3) is 0.348. The number of alkyl halides is 4. The molecule has 0 unspecified atom stereocenters. The van der Waals surface area contributed by atoms with Crippen molar-refractivity contribution in [3.8, 4) is 11.5 Å². The molecule has 10 heteroatoms. The minimum Gasteiger partial charge on any atom is -0.435 e. The smallest absolute Gasteiger partial charge is 0.387 e. The molecule has 0 aliphatic carbocycles. The molecule has 6 nitrogen and oxygen atoms in total. The van der Waals surface area contributed by atoms with E-state index in [1.54, 1.807) is 6.07 Å². The number of amides is 1. The monoisotopic (exact) mass is 467 g/mol. The quantitative estimate of drug-likeness (QED) is 0.454.